The maximum Gasteiger partial charge on any atom is 0.251 e. The van der Waals surface area contributed by atoms with Crippen LogP contribution in [0.2, 0.25) is 0 Å². The van der Waals surface area contributed by atoms with Gasteiger partial charge in [-0.05, 0) is 80.9 Å². The first kappa shape index (κ1) is 29.6. The number of nitrogens with two attached hydrogens (primary N) is 1. The van der Waals surface area contributed by atoms with Gasteiger partial charge in [-0.25, -0.2) is 19.3 Å². The summed E-state index contributed by atoms with van der Waals surface area (Å²) in [7, 11) is 0. The van der Waals surface area contributed by atoms with Gasteiger partial charge in [-0.3, -0.25) is 14.6 Å². The van der Waals surface area contributed by atoms with E-state index >= 15 is 0 Å². The predicted octanol–water partition coefficient (Wildman–Crippen LogP) is 4.05. The third kappa shape index (κ3) is 5.63. The highest BCUT2D eigenvalue weighted by Crippen LogP contribution is 2.45. The molecule has 4 heterocycles. The SMILES string of the molecule is Cc1cnc2c(Nc3ncccn3)cc(C(=O)NC[C@](C)(O)c3cc4c(c(-c5ccc(F)cc5)n3)OC[C@]4(C)C(N)=O)cc2c1. The zero-order valence-electron chi connectivity index (χ0n) is 24.8. The molecule has 2 atom stereocenters. The van der Waals surface area contributed by atoms with Crippen LogP contribution in [0, 0.1) is 12.7 Å². The molecule has 0 unspecified atom stereocenters. The molecule has 12 heteroatoms. The standard InChI is InChI=1S/C33H30FN7O4/c1-18-11-20-12-21(13-24(26(20)38-15-18)40-31-36-9-4-10-37-31)29(42)39-16-33(3,44)25-14-23-28(45-17-32(23,2)30(35)43)27(41-25)19-5-7-22(34)8-6-19/h4-15,44H,16-17H2,1-3H3,(H2,35,43)(H,39,42)(H,36,37,40)/t32-,33-/m0/s1. The van der Waals surface area contributed by atoms with Gasteiger partial charge in [-0.2, -0.15) is 0 Å². The van der Waals surface area contributed by atoms with Crippen LogP contribution in [-0.2, 0) is 15.8 Å². The number of hydrogen-bond acceptors (Lipinski definition) is 9. The van der Waals surface area contributed by atoms with Gasteiger partial charge in [0, 0.05) is 40.7 Å². The number of primary amides is 1. The molecule has 45 heavy (non-hydrogen) atoms. The molecule has 2 aromatic carbocycles. The van der Waals surface area contributed by atoms with Gasteiger partial charge in [0.1, 0.15) is 34.9 Å². The van der Waals surface area contributed by atoms with E-state index in [9.17, 15) is 19.1 Å². The summed E-state index contributed by atoms with van der Waals surface area (Å²) in [4.78, 5) is 43.6. The molecule has 0 saturated carbocycles. The third-order valence-corrected chi connectivity index (χ3v) is 7.87. The Morgan fingerprint density at radius 2 is 1.84 bits per heavy atom. The second kappa shape index (κ2) is 11.2. The number of amides is 2. The number of fused-ring (bicyclic) bond motifs is 2. The molecule has 1 aliphatic rings. The van der Waals surface area contributed by atoms with Crippen molar-refractivity contribution in [2.24, 2.45) is 5.73 Å². The molecule has 2 amide bonds. The third-order valence-electron chi connectivity index (χ3n) is 7.87. The Hall–Kier alpha value is -5.49. The number of nitrogens with zero attached hydrogens (tertiary/aromatic N) is 4. The Kier molecular flexibility index (Phi) is 7.37. The van der Waals surface area contributed by atoms with Gasteiger partial charge < -0.3 is 26.2 Å². The molecule has 5 aromatic rings. The topological polar surface area (TPSA) is 165 Å². The number of pyridine rings is 2. The van der Waals surface area contributed by atoms with Gasteiger partial charge in [0.15, 0.2) is 0 Å². The number of aliphatic hydroxyl groups is 1. The fraction of sp³-hybridized carbons (Fsp3) is 0.212. The molecule has 3 aromatic heterocycles. The first-order chi connectivity index (χ1) is 21.4. The van der Waals surface area contributed by atoms with Crippen LogP contribution in [0.25, 0.3) is 22.2 Å². The minimum atomic E-state index is -1.70. The lowest BCUT2D eigenvalue weighted by Crippen LogP contribution is -2.41. The number of carbonyl (C=O) groups is 2. The highest BCUT2D eigenvalue weighted by atomic mass is 19.1. The number of anilines is 2. The summed E-state index contributed by atoms with van der Waals surface area (Å²) in [6.45, 7) is 4.81. The summed E-state index contributed by atoms with van der Waals surface area (Å²) in [6, 6.07) is 14.2. The van der Waals surface area contributed by atoms with E-state index in [1.165, 1.54) is 31.2 Å². The van der Waals surface area contributed by atoms with Crippen molar-refractivity contribution in [2.45, 2.75) is 31.8 Å². The summed E-state index contributed by atoms with van der Waals surface area (Å²) in [5.41, 5.74) is 6.71. The van der Waals surface area contributed by atoms with Crippen LogP contribution >= 0.6 is 0 Å². The maximum atomic E-state index is 13.7. The van der Waals surface area contributed by atoms with Gasteiger partial charge in [0.05, 0.1) is 23.4 Å². The average Bonchev–Trinajstić information content (AvgIpc) is 3.38. The predicted molar refractivity (Wildman–Crippen MR) is 165 cm³/mol. The lowest BCUT2D eigenvalue weighted by Gasteiger charge is -2.26. The Morgan fingerprint density at radius 1 is 1.11 bits per heavy atom. The highest BCUT2D eigenvalue weighted by Gasteiger charge is 2.45. The average molecular weight is 608 g/mol. The molecule has 0 saturated heterocycles. The van der Waals surface area contributed by atoms with Crippen LogP contribution in [0.5, 0.6) is 5.75 Å². The second-order valence-electron chi connectivity index (χ2n) is 11.5. The van der Waals surface area contributed by atoms with Crippen LogP contribution in [0.3, 0.4) is 0 Å². The van der Waals surface area contributed by atoms with Crippen molar-refractivity contribution in [1.82, 2.24) is 25.3 Å². The molecule has 0 bridgehead atoms. The number of halogens is 1. The highest BCUT2D eigenvalue weighted by molar-refractivity contribution is 6.02. The van der Waals surface area contributed by atoms with Crippen LogP contribution in [0.1, 0.15) is 41.0 Å². The van der Waals surface area contributed by atoms with E-state index in [4.69, 9.17) is 10.5 Å². The van der Waals surface area contributed by atoms with Crippen LogP contribution in [0.15, 0.2) is 73.2 Å². The summed E-state index contributed by atoms with van der Waals surface area (Å²) < 4.78 is 19.6. The molecule has 0 spiro atoms. The van der Waals surface area contributed by atoms with E-state index in [1.54, 1.807) is 49.8 Å². The van der Waals surface area contributed by atoms with Crippen molar-refractivity contribution in [1.29, 1.82) is 0 Å². The summed E-state index contributed by atoms with van der Waals surface area (Å²) in [5, 5.41) is 18.3. The van der Waals surface area contributed by atoms with E-state index in [0.717, 1.165) is 10.9 Å². The van der Waals surface area contributed by atoms with E-state index in [0.29, 0.717) is 45.3 Å². The van der Waals surface area contributed by atoms with Gasteiger partial charge >= 0.3 is 0 Å². The molecule has 11 nitrogen and oxygen atoms in total. The number of ether oxygens (including phenoxy) is 1. The number of rotatable bonds is 8. The number of nitrogens with one attached hydrogen (secondary N) is 2. The molecule has 6 rings (SSSR count). The smallest absolute Gasteiger partial charge is 0.251 e. The minimum Gasteiger partial charge on any atom is -0.489 e. The Morgan fingerprint density at radius 3 is 2.56 bits per heavy atom. The molecule has 1 aliphatic heterocycles. The largest absolute Gasteiger partial charge is 0.489 e. The van der Waals surface area contributed by atoms with Crippen molar-refractivity contribution in [3.05, 3.63) is 101 Å². The van der Waals surface area contributed by atoms with Gasteiger partial charge in [0.2, 0.25) is 11.9 Å². The fourth-order valence-corrected chi connectivity index (χ4v) is 5.18. The second-order valence-corrected chi connectivity index (χ2v) is 11.5. The van der Waals surface area contributed by atoms with Gasteiger partial charge in [0.25, 0.3) is 5.91 Å². The first-order valence-electron chi connectivity index (χ1n) is 14.1. The van der Waals surface area contributed by atoms with E-state index < -0.39 is 28.6 Å². The summed E-state index contributed by atoms with van der Waals surface area (Å²) >= 11 is 0. The lowest BCUT2D eigenvalue weighted by atomic mass is 9.82. The van der Waals surface area contributed by atoms with Crippen LogP contribution < -0.4 is 21.1 Å². The molecule has 0 radical (unpaired) electrons. The van der Waals surface area contributed by atoms with Crippen molar-refractivity contribution >= 4 is 34.4 Å². The normalized spacial score (nSPS) is 16.8. The molecular weight excluding hydrogens is 577 g/mol. The molecular formula is C33H30FN7O4. The van der Waals surface area contributed by atoms with Crippen molar-refractivity contribution in [3.8, 4) is 17.0 Å². The zero-order chi connectivity index (χ0) is 31.9. The first-order valence-corrected chi connectivity index (χ1v) is 14.1. The number of carbonyl (C=O) groups excluding carboxylic acids is 2. The Labute approximate surface area is 257 Å². The van der Waals surface area contributed by atoms with E-state index in [1.807, 2.05) is 13.0 Å². The Balaban J connectivity index is 1.33. The Bertz CT molecular complexity index is 1950. The minimum absolute atomic E-state index is 0.0173. The molecule has 0 fully saturated rings. The monoisotopic (exact) mass is 607 g/mol. The number of hydrogen-bond donors (Lipinski definition) is 4. The molecule has 0 aliphatic carbocycles. The van der Waals surface area contributed by atoms with Gasteiger partial charge in [-0.15, -0.1) is 0 Å². The van der Waals surface area contributed by atoms with E-state index in [-0.39, 0.29) is 18.8 Å². The number of aryl methyl sites for hydroxylation is 1. The number of benzene rings is 2. The zero-order valence-corrected chi connectivity index (χ0v) is 24.8. The van der Waals surface area contributed by atoms with E-state index in [2.05, 4.69) is 30.6 Å². The number of aromatic nitrogens is 4. The van der Waals surface area contributed by atoms with Crippen molar-refractivity contribution in [2.75, 3.05) is 18.5 Å². The maximum absolute atomic E-state index is 13.7. The quantitative estimate of drug-likeness (QED) is 0.204. The van der Waals surface area contributed by atoms with Crippen molar-refractivity contribution in [3.63, 3.8) is 0 Å². The molecule has 5 N–H and O–H groups in total. The fourth-order valence-electron chi connectivity index (χ4n) is 5.18. The van der Waals surface area contributed by atoms with Gasteiger partial charge in [-0.1, -0.05) is 0 Å². The van der Waals surface area contributed by atoms with Crippen LogP contribution in [0.4, 0.5) is 16.0 Å². The summed E-state index contributed by atoms with van der Waals surface area (Å²) in [6.07, 6.45) is 4.93. The molecule has 228 valence electrons. The van der Waals surface area contributed by atoms with Crippen LogP contribution in [-0.4, -0.2) is 50.0 Å². The lowest BCUT2D eigenvalue weighted by molar-refractivity contribution is -0.123. The summed E-state index contributed by atoms with van der Waals surface area (Å²) in [5.74, 6) is -0.829. The van der Waals surface area contributed by atoms with Crippen molar-refractivity contribution < 1.29 is 23.8 Å².